The van der Waals surface area contributed by atoms with Crippen LogP contribution in [0.5, 0.6) is 5.75 Å². The number of rotatable bonds is 8. The number of aromatic nitrogens is 2. The van der Waals surface area contributed by atoms with Crippen LogP contribution in [0, 0.1) is 6.92 Å². The molecule has 0 saturated heterocycles. The maximum Gasteiger partial charge on any atom is 0.416 e. The third kappa shape index (κ3) is 5.90. The van der Waals surface area contributed by atoms with E-state index in [4.69, 9.17) is 4.74 Å². The monoisotopic (exact) mass is 579 g/mol. The van der Waals surface area contributed by atoms with E-state index >= 15 is 0 Å². The molecule has 0 saturated carbocycles. The minimum Gasteiger partial charge on any atom is -0.494 e. The van der Waals surface area contributed by atoms with Crippen LogP contribution in [0.4, 0.5) is 24.5 Å². The number of nitrogens with zero attached hydrogens (tertiary/aromatic N) is 3. The number of carbonyl (C=O) groups excluding carboxylic acids is 1. The summed E-state index contributed by atoms with van der Waals surface area (Å²) in [6.07, 6.45) is 0.803. The highest BCUT2D eigenvalue weighted by atomic mass is 19.4. The van der Waals surface area contributed by atoms with E-state index in [9.17, 15) is 18.0 Å². The lowest BCUT2D eigenvalue weighted by Gasteiger charge is -2.24. The van der Waals surface area contributed by atoms with Gasteiger partial charge in [-0.3, -0.25) is 14.7 Å². The summed E-state index contributed by atoms with van der Waals surface area (Å²) in [6.45, 7) is 5.98. The Balaban J connectivity index is 1.43. The number of nitrogens with one attached hydrogen (secondary N) is 4. The minimum absolute atomic E-state index is 0.0533. The van der Waals surface area contributed by atoms with Crippen LogP contribution in [-0.2, 0) is 12.7 Å². The molecule has 0 atom stereocenters. The minimum atomic E-state index is -4.60. The van der Waals surface area contributed by atoms with Crippen molar-refractivity contribution in [3.63, 3.8) is 0 Å². The molecule has 4 aromatic rings. The van der Waals surface area contributed by atoms with Crippen LogP contribution in [-0.4, -0.2) is 41.0 Å². The van der Waals surface area contributed by atoms with Gasteiger partial charge in [0, 0.05) is 53.3 Å². The average Bonchev–Trinajstić information content (AvgIpc) is 3.62. The van der Waals surface area contributed by atoms with Crippen molar-refractivity contribution in [1.29, 1.82) is 0 Å². The number of aromatic amines is 1. The van der Waals surface area contributed by atoms with Gasteiger partial charge in [0.25, 0.3) is 5.91 Å². The zero-order chi connectivity index (χ0) is 30.2. The van der Waals surface area contributed by atoms with Crippen molar-refractivity contribution in [1.82, 2.24) is 25.8 Å². The first-order valence-corrected chi connectivity index (χ1v) is 13.3. The second kappa shape index (κ2) is 11.4. The first-order chi connectivity index (χ1) is 19.9. The third-order valence-corrected chi connectivity index (χ3v) is 7.26. The Morgan fingerprint density at radius 1 is 1.17 bits per heavy atom. The molecule has 4 N–H and O–H groups in total. The number of carbonyl (C=O) groups is 1. The summed E-state index contributed by atoms with van der Waals surface area (Å²) in [4.78, 5) is 22.8. The van der Waals surface area contributed by atoms with Gasteiger partial charge in [0.05, 0.1) is 29.7 Å². The van der Waals surface area contributed by atoms with Crippen LogP contribution < -0.4 is 26.0 Å². The number of anilines is 2. The number of benzene rings is 2. The highest BCUT2D eigenvalue weighted by Gasteiger charge is 2.33. The van der Waals surface area contributed by atoms with Crippen molar-refractivity contribution in [3.05, 3.63) is 88.9 Å². The number of hydrazine groups is 2. The smallest absolute Gasteiger partial charge is 0.416 e. The summed E-state index contributed by atoms with van der Waals surface area (Å²) in [5.74, 6) is -0.391. The second-order valence-corrected chi connectivity index (χ2v) is 10.5. The van der Waals surface area contributed by atoms with E-state index in [-0.39, 0.29) is 29.6 Å². The van der Waals surface area contributed by atoms with Gasteiger partial charge in [-0.15, -0.1) is 5.53 Å². The molecular weight excluding hydrogens is 547 g/mol. The number of alkyl halides is 3. The zero-order valence-corrected chi connectivity index (χ0v) is 23.8. The Bertz CT molecular complexity index is 1660. The van der Waals surface area contributed by atoms with Crippen LogP contribution in [0.2, 0.25) is 0 Å². The maximum atomic E-state index is 13.8. The summed E-state index contributed by atoms with van der Waals surface area (Å²) in [5, 5.41) is 5.35. The molecule has 0 spiro atoms. The predicted octanol–water partition coefficient (Wildman–Crippen LogP) is 5.82. The number of aryl methyl sites for hydroxylation is 1. The molecule has 1 aliphatic rings. The number of fused-ring (bicyclic) bond motifs is 1. The van der Waals surface area contributed by atoms with Gasteiger partial charge in [-0.1, -0.05) is 6.07 Å². The highest BCUT2D eigenvalue weighted by molar-refractivity contribution is 6.06. The van der Waals surface area contributed by atoms with Gasteiger partial charge < -0.3 is 20.5 Å². The molecule has 0 unspecified atom stereocenters. The van der Waals surface area contributed by atoms with Gasteiger partial charge in [-0.05, 0) is 69.8 Å². The Kier molecular flexibility index (Phi) is 7.85. The predicted molar refractivity (Wildman–Crippen MR) is 157 cm³/mol. The van der Waals surface area contributed by atoms with E-state index in [1.165, 1.54) is 7.11 Å². The summed E-state index contributed by atoms with van der Waals surface area (Å²) in [6, 6.07) is 11.1. The van der Waals surface area contributed by atoms with E-state index < -0.39 is 17.6 Å². The largest absolute Gasteiger partial charge is 0.494 e. The molecule has 9 nitrogen and oxygen atoms in total. The number of hydrogen-bond donors (Lipinski definition) is 4. The number of halogens is 3. The van der Waals surface area contributed by atoms with Crippen LogP contribution in [0.3, 0.4) is 0 Å². The summed E-state index contributed by atoms with van der Waals surface area (Å²) in [5.41, 5.74) is 9.81. The molecule has 2 aromatic carbocycles. The molecule has 2 aromatic heterocycles. The van der Waals surface area contributed by atoms with Crippen LogP contribution in [0.25, 0.3) is 16.7 Å². The van der Waals surface area contributed by atoms with Crippen molar-refractivity contribution in [2.45, 2.75) is 39.5 Å². The van der Waals surface area contributed by atoms with Crippen molar-refractivity contribution in [3.8, 4) is 5.75 Å². The molecule has 1 aliphatic heterocycles. The van der Waals surface area contributed by atoms with Crippen LogP contribution in [0.1, 0.15) is 46.5 Å². The number of methoxy groups -OCH3 is 1. The quantitative estimate of drug-likeness (QED) is 0.209. The fourth-order valence-electron chi connectivity index (χ4n) is 4.64. The summed E-state index contributed by atoms with van der Waals surface area (Å²) >= 11 is 0. The molecule has 5 rings (SSSR count). The second-order valence-electron chi connectivity index (χ2n) is 10.5. The Morgan fingerprint density at radius 2 is 1.95 bits per heavy atom. The molecular formula is C30H32F3N7O2. The van der Waals surface area contributed by atoms with Crippen molar-refractivity contribution >= 4 is 34.0 Å². The lowest BCUT2D eigenvalue weighted by atomic mass is 10.0. The lowest BCUT2D eigenvalue weighted by molar-refractivity contribution is -0.137. The van der Waals surface area contributed by atoms with Crippen LogP contribution >= 0.6 is 0 Å². The first kappa shape index (κ1) is 29.0. The van der Waals surface area contributed by atoms with Gasteiger partial charge in [0.2, 0.25) is 0 Å². The zero-order valence-electron chi connectivity index (χ0n) is 23.8. The Morgan fingerprint density at radius 3 is 2.67 bits per heavy atom. The fourth-order valence-corrected chi connectivity index (χ4v) is 4.64. The topological polar surface area (TPSA) is 97.6 Å². The van der Waals surface area contributed by atoms with Gasteiger partial charge in [-0.2, -0.15) is 13.2 Å². The van der Waals surface area contributed by atoms with Crippen molar-refractivity contribution in [2.75, 3.05) is 24.5 Å². The number of hydrogen-bond acceptors (Lipinski definition) is 7. The third-order valence-electron chi connectivity index (χ3n) is 7.26. The summed E-state index contributed by atoms with van der Waals surface area (Å²) in [7, 11) is 3.19. The molecule has 0 bridgehead atoms. The van der Waals surface area contributed by atoms with Gasteiger partial charge >= 0.3 is 6.18 Å². The molecule has 12 heteroatoms. The SMILES string of the molecule is COc1c(CN(C)C(C)C)cc(C(F)(F)F)cc1NC(=O)c1ccc(C)c(N2C=C(c3cnc4[nH]ccc4c3)NN2)c1. The van der Waals surface area contributed by atoms with Gasteiger partial charge in [-0.25, -0.2) is 4.98 Å². The number of amides is 1. The van der Waals surface area contributed by atoms with E-state index in [0.29, 0.717) is 11.3 Å². The van der Waals surface area contributed by atoms with Crippen LogP contribution in [0.15, 0.2) is 61.1 Å². The highest BCUT2D eigenvalue weighted by Crippen LogP contribution is 2.39. The van der Waals surface area contributed by atoms with E-state index in [0.717, 1.165) is 40.0 Å². The number of pyridine rings is 1. The van der Waals surface area contributed by atoms with Crippen molar-refractivity contribution in [2.24, 2.45) is 0 Å². The molecule has 0 fully saturated rings. The fraction of sp³-hybridized carbons (Fsp3) is 0.267. The molecule has 1 amide bonds. The molecule has 220 valence electrons. The molecule has 0 aliphatic carbocycles. The van der Waals surface area contributed by atoms with Gasteiger partial charge in [0.15, 0.2) is 0 Å². The molecule has 0 radical (unpaired) electrons. The number of H-pyrrole nitrogens is 1. The lowest BCUT2D eigenvalue weighted by Crippen LogP contribution is -2.36. The number of ether oxygens (including phenoxy) is 1. The average molecular weight is 580 g/mol. The summed E-state index contributed by atoms with van der Waals surface area (Å²) < 4.78 is 47.0. The van der Waals surface area contributed by atoms with E-state index in [1.54, 1.807) is 29.4 Å². The maximum absolute atomic E-state index is 13.8. The molecule has 3 heterocycles. The van der Waals surface area contributed by atoms with E-state index in [1.807, 2.05) is 57.2 Å². The Labute approximate surface area is 241 Å². The molecule has 42 heavy (non-hydrogen) atoms. The van der Waals surface area contributed by atoms with Gasteiger partial charge in [0.1, 0.15) is 11.4 Å². The first-order valence-electron chi connectivity index (χ1n) is 13.3. The normalized spacial score (nSPS) is 13.6. The van der Waals surface area contributed by atoms with Crippen molar-refractivity contribution < 1.29 is 22.7 Å². The van der Waals surface area contributed by atoms with E-state index in [2.05, 4.69) is 26.2 Å². The Hall–Kier alpha value is -4.55. The standard InChI is InChI=1S/C30H32F3N7O2/c1-17(2)39(4)15-22-11-23(30(31,32)33)13-24(27(22)42-5)36-29(41)20-7-6-18(3)26(12-20)40-16-25(37-38-40)21-10-19-8-9-34-28(19)35-14-21/h6-14,16-17,37-38H,15H2,1-5H3,(H,34,35)(H,36,41).